The molecule has 0 aliphatic carbocycles. The van der Waals surface area contributed by atoms with Gasteiger partial charge >= 0.3 is 0 Å². The summed E-state index contributed by atoms with van der Waals surface area (Å²) in [6.45, 7) is 2.48. The van der Waals surface area contributed by atoms with Gasteiger partial charge < -0.3 is 15.3 Å². The van der Waals surface area contributed by atoms with E-state index in [9.17, 15) is 0 Å². The molecule has 78 valence electrons. The fourth-order valence-corrected chi connectivity index (χ4v) is 1.54. The van der Waals surface area contributed by atoms with Crippen LogP contribution in [0.4, 0.5) is 0 Å². The third-order valence-electron chi connectivity index (χ3n) is 1.42. The lowest BCUT2D eigenvalue weighted by molar-refractivity contribution is 0.100. The van der Waals surface area contributed by atoms with Crippen molar-refractivity contribution in [3.8, 4) is 5.88 Å². The molecule has 0 aromatic carbocycles. The molecule has 1 aromatic rings. The van der Waals surface area contributed by atoms with E-state index in [1.54, 1.807) is 0 Å². The van der Waals surface area contributed by atoms with E-state index in [-0.39, 0.29) is 5.84 Å². The van der Waals surface area contributed by atoms with Crippen molar-refractivity contribution in [2.45, 2.75) is 6.92 Å². The second-order valence-corrected chi connectivity index (χ2v) is 3.72. The first-order valence-corrected chi connectivity index (χ1v) is 4.73. The number of nitrogens with one attached hydrogen (secondary N) is 1. The van der Waals surface area contributed by atoms with Gasteiger partial charge in [0, 0.05) is 0 Å². The molecule has 1 heterocycles. The molecule has 1 aromatic heterocycles. The van der Waals surface area contributed by atoms with E-state index >= 15 is 0 Å². The molecule has 0 unspecified atom stereocenters. The quantitative estimate of drug-likeness (QED) is 0.278. The van der Waals surface area contributed by atoms with E-state index < -0.39 is 0 Å². The molecule has 0 spiro atoms. The number of thiazole rings is 1. The molecule has 7 heteroatoms. The Kier molecular flexibility index (Phi) is 3.81. The van der Waals surface area contributed by atoms with Crippen molar-refractivity contribution in [3.63, 3.8) is 0 Å². The summed E-state index contributed by atoms with van der Waals surface area (Å²) in [7, 11) is 0. The number of nitrogen functional groups attached to an aromatic ring is 1. The maximum atomic E-state index is 7.18. The van der Waals surface area contributed by atoms with Crippen LogP contribution < -0.4 is 16.4 Å². The summed E-state index contributed by atoms with van der Waals surface area (Å²) in [5, 5.41) is 7.65. The van der Waals surface area contributed by atoms with Crippen molar-refractivity contribution in [3.05, 3.63) is 9.88 Å². The molecule has 0 amide bonds. The Morgan fingerprint density at radius 1 is 1.57 bits per heavy atom. The van der Waals surface area contributed by atoms with Crippen molar-refractivity contribution in [2.75, 3.05) is 13.2 Å². The van der Waals surface area contributed by atoms with E-state index in [2.05, 4.69) is 9.82 Å². The summed E-state index contributed by atoms with van der Waals surface area (Å²) in [5.74, 6) is 5.26. The van der Waals surface area contributed by atoms with Crippen LogP contribution in [0, 0.1) is 12.3 Å². The highest BCUT2D eigenvalue weighted by Crippen LogP contribution is 2.23. The predicted molar refractivity (Wildman–Crippen MR) is 53.5 cm³/mol. The van der Waals surface area contributed by atoms with Crippen molar-refractivity contribution >= 4 is 17.2 Å². The van der Waals surface area contributed by atoms with Gasteiger partial charge in [-0.2, -0.15) is 4.98 Å². The van der Waals surface area contributed by atoms with Gasteiger partial charge in [0.05, 0.1) is 4.88 Å². The van der Waals surface area contributed by atoms with Crippen LogP contribution in [0.1, 0.15) is 9.88 Å². The average Bonchev–Trinajstić information content (AvgIpc) is 2.49. The lowest BCUT2D eigenvalue weighted by atomic mass is 10.6. The molecule has 0 aliphatic rings. The average molecular weight is 216 g/mol. The van der Waals surface area contributed by atoms with E-state index in [4.69, 9.17) is 21.8 Å². The standard InChI is InChI=1S/C7H12N4O2S/c1-4-6(12-2-3-13-10)11-7(14-4)5(8)9/h2-3,10H2,1H3,(H3,8,9). The summed E-state index contributed by atoms with van der Waals surface area (Å²) < 4.78 is 5.25. The third kappa shape index (κ3) is 2.66. The zero-order valence-corrected chi connectivity index (χ0v) is 8.56. The van der Waals surface area contributed by atoms with Gasteiger partial charge in [0.25, 0.3) is 0 Å². The fourth-order valence-electron chi connectivity index (χ4n) is 0.818. The van der Waals surface area contributed by atoms with Gasteiger partial charge in [-0.1, -0.05) is 0 Å². The summed E-state index contributed by atoms with van der Waals surface area (Å²) in [6, 6.07) is 0. The SMILES string of the molecule is Cc1sc(C(=N)N)nc1OCCON. The second kappa shape index (κ2) is 4.89. The number of nitrogens with zero attached hydrogens (tertiary/aromatic N) is 1. The summed E-state index contributed by atoms with van der Waals surface area (Å²) >= 11 is 1.32. The molecular formula is C7H12N4O2S. The van der Waals surface area contributed by atoms with Crippen LogP contribution in [-0.2, 0) is 4.84 Å². The highest BCUT2D eigenvalue weighted by Gasteiger charge is 2.10. The molecule has 6 nitrogen and oxygen atoms in total. The summed E-state index contributed by atoms with van der Waals surface area (Å²) in [5.41, 5.74) is 5.28. The van der Waals surface area contributed by atoms with E-state index in [0.717, 1.165) is 4.88 Å². The smallest absolute Gasteiger partial charge is 0.228 e. The molecule has 0 bridgehead atoms. The minimum atomic E-state index is -0.0528. The van der Waals surface area contributed by atoms with Crippen molar-refractivity contribution in [1.82, 2.24) is 4.98 Å². The molecule has 0 saturated carbocycles. The zero-order chi connectivity index (χ0) is 10.6. The number of hydrogen-bond acceptors (Lipinski definition) is 6. The molecule has 0 atom stereocenters. The molecule has 0 radical (unpaired) electrons. The lowest BCUT2D eigenvalue weighted by Gasteiger charge is -2.01. The van der Waals surface area contributed by atoms with Gasteiger partial charge in [-0.25, -0.2) is 5.90 Å². The van der Waals surface area contributed by atoms with Crippen LogP contribution in [0.25, 0.3) is 0 Å². The van der Waals surface area contributed by atoms with Crippen LogP contribution in [0.5, 0.6) is 5.88 Å². The van der Waals surface area contributed by atoms with Gasteiger partial charge in [0.15, 0.2) is 10.8 Å². The lowest BCUT2D eigenvalue weighted by Crippen LogP contribution is -2.12. The Morgan fingerprint density at radius 2 is 2.29 bits per heavy atom. The predicted octanol–water partition coefficient (Wildman–Crippen LogP) is 0.00469. The number of hydrogen-bond donors (Lipinski definition) is 3. The zero-order valence-electron chi connectivity index (χ0n) is 7.74. The monoisotopic (exact) mass is 216 g/mol. The Hall–Kier alpha value is -1.18. The largest absolute Gasteiger partial charge is 0.474 e. The number of nitrogens with two attached hydrogens (primary N) is 2. The molecular weight excluding hydrogens is 204 g/mol. The molecule has 1 rings (SSSR count). The maximum absolute atomic E-state index is 7.18. The molecule has 0 fully saturated rings. The first-order valence-electron chi connectivity index (χ1n) is 3.91. The number of ether oxygens (including phenoxy) is 1. The Labute approximate surface area is 85.3 Å². The molecule has 14 heavy (non-hydrogen) atoms. The van der Waals surface area contributed by atoms with E-state index in [1.807, 2.05) is 6.92 Å². The Morgan fingerprint density at radius 3 is 2.79 bits per heavy atom. The number of rotatable bonds is 5. The van der Waals surface area contributed by atoms with E-state index in [0.29, 0.717) is 24.1 Å². The van der Waals surface area contributed by atoms with Gasteiger partial charge in [-0.05, 0) is 6.92 Å². The molecule has 0 aliphatic heterocycles. The van der Waals surface area contributed by atoms with Gasteiger partial charge in [-0.3, -0.25) is 5.41 Å². The van der Waals surface area contributed by atoms with Gasteiger partial charge in [0.2, 0.25) is 5.88 Å². The summed E-state index contributed by atoms with van der Waals surface area (Å²) in [4.78, 5) is 9.25. The Balaban J connectivity index is 2.63. The minimum absolute atomic E-state index is 0.0528. The number of aromatic nitrogens is 1. The summed E-state index contributed by atoms with van der Waals surface area (Å²) in [6.07, 6.45) is 0. The first-order chi connectivity index (χ1) is 6.65. The van der Waals surface area contributed by atoms with Crippen LogP contribution >= 0.6 is 11.3 Å². The fraction of sp³-hybridized carbons (Fsp3) is 0.429. The van der Waals surface area contributed by atoms with Crippen LogP contribution in [0.3, 0.4) is 0 Å². The molecule has 0 saturated heterocycles. The van der Waals surface area contributed by atoms with E-state index in [1.165, 1.54) is 11.3 Å². The highest BCUT2D eigenvalue weighted by molar-refractivity contribution is 7.13. The Bertz CT molecular complexity index is 325. The third-order valence-corrected chi connectivity index (χ3v) is 2.41. The van der Waals surface area contributed by atoms with Crippen LogP contribution in [0.15, 0.2) is 0 Å². The normalized spacial score (nSPS) is 10.1. The topological polar surface area (TPSA) is 107 Å². The second-order valence-electron chi connectivity index (χ2n) is 2.51. The van der Waals surface area contributed by atoms with Gasteiger partial charge in [0.1, 0.15) is 13.2 Å². The highest BCUT2D eigenvalue weighted by atomic mass is 32.1. The van der Waals surface area contributed by atoms with Crippen molar-refractivity contribution in [2.24, 2.45) is 11.6 Å². The maximum Gasteiger partial charge on any atom is 0.228 e. The minimum Gasteiger partial charge on any atom is -0.474 e. The van der Waals surface area contributed by atoms with Crippen molar-refractivity contribution < 1.29 is 9.57 Å². The van der Waals surface area contributed by atoms with Crippen LogP contribution in [0.2, 0.25) is 0 Å². The van der Waals surface area contributed by atoms with Crippen LogP contribution in [-0.4, -0.2) is 24.0 Å². The number of aryl methyl sites for hydroxylation is 1. The number of amidine groups is 1. The van der Waals surface area contributed by atoms with Crippen molar-refractivity contribution in [1.29, 1.82) is 5.41 Å². The van der Waals surface area contributed by atoms with Gasteiger partial charge in [-0.15, -0.1) is 11.3 Å². The first kappa shape index (κ1) is 10.9. The molecule has 5 N–H and O–H groups in total.